The third-order valence-electron chi connectivity index (χ3n) is 2.81. The molecule has 118 valence electrons. The minimum absolute atomic E-state index is 0.0488. The van der Waals surface area contributed by atoms with E-state index in [9.17, 15) is 9.90 Å². The van der Waals surface area contributed by atoms with E-state index in [0.29, 0.717) is 16.8 Å². The third kappa shape index (κ3) is 5.55. The highest BCUT2D eigenvalue weighted by molar-refractivity contribution is 9.10. The van der Waals surface area contributed by atoms with Crippen LogP contribution in [0, 0.1) is 0 Å². The first-order chi connectivity index (χ1) is 9.64. The van der Waals surface area contributed by atoms with Crippen LogP contribution >= 0.6 is 15.9 Å². The topological polar surface area (TPSA) is 70.6 Å². The first-order valence-corrected chi connectivity index (χ1v) is 7.54. The highest BCUT2D eigenvalue weighted by atomic mass is 79.9. The molecule has 0 aliphatic heterocycles. The van der Waals surface area contributed by atoms with Crippen molar-refractivity contribution in [2.75, 3.05) is 7.11 Å². The van der Waals surface area contributed by atoms with Crippen LogP contribution in [0.3, 0.4) is 0 Å². The molecule has 3 N–H and O–H groups in total. The maximum absolute atomic E-state index is 12.0. The molecule has 0 aliphatic rings. The number of halogens is 1. The molecule has 0 bridgehead atoms. The lowest BCUT2D eigenvalue weighted by molar-refractivity contribution is -0.124. The molecule has 0 spiro atoms. The van der Waals surface area contributed by atoms with E-state index < -0.39 is 0 Å². The van der Waals surface area contributed by atoms with Crippen molar-refractivity contribution in [1.82, 2.24) is 10.6 Å². The van der Waals surface area contributed by atoms with Gasteiger partial charge in [0, 0.05) is 12.1 Å². The predicted molar refractivity (Wildman–Crippen MR) is 86.6 cm³/mol. The number of phenolic OH excluding ortho intramolecular Hbond substituents is 1. The van der Waals surface area contributed by atoms with Gasteiger partial charge in [-0.1, -0.05) is 0 Å². The Balaban J connectivity index is 2.67. The Morgan fingerprint density at radius 3 is 2.57 bits per heavy atom. The third-order valence-corrected chi connectivity index (χ3v) is 3.42. The molecule has 5 nitrogen and oxygen atoms in total. The molecule has 1 amide bonds. The van der Waals surface area contributed by atoms with Crippen molar-refractivity contribution in [2.45, 2.75) is 45.8 Å². The van der Waals surface area contributed by atoms with Gasteiger partial charge in [-0.15, -0.1) is 0 Å². The lowest BCUT2D eigenvalue weighted by Crippen LogP contribution is -2.49. The second-order valence-electron chi connectivity index (χ2n) is 5.97. The number of hydrogen-bond donors (Lipinski definition) is 3. The highest BCUT2D eigenvalue weighted by Crippen LogP contribution is 2.35. The van der Waals surface area contributed by atoms with E-state index in [1.54, 1.807) is 12.1 Å². The van der Waals surface area contributed by atoms with E-state index in [4.69, 9.17) is 4.74 Å². The van der Waals surface area contributed by atoms with Crippen molar-refractivity contribution in [3.8, 4) is 11.5 Å². The largest absolute Gasteiger partial charge is 0.503 e. The number of methoxy groups -OCH3 is 1. The van der Waals surface area contributed by atoms with Crippen LogP contribution in [0.4, 0.5) is 0 Å². The fourth-order valence-electron chi connectivity index (χ4n) is 1.73. The lowest BCUT2D eigenvalue weighted by atomic mass is 10.1. The Hall–Kier alpha value is -1.27. The quantitative estimate of drug-likeness (QED) is 0.756. The molecule has 1 rings (SSSR count). The van der Waals surface area contributed by atoms with Gasteiger partial charge < -0.3 is 20.5 Å². The number of hydrogen-bond acceptors (Lipinski definition) is 4. The van der Waals surface area contributed by atoms with E-state index in [2.05, 4.69) is 26.6 Å². The number of carbonyl (C=O) groups is 1. The first kappa shape index (κ1) is 17.8. The number of nitrogens with one attached hydrogen (secondary N) is 2. The molecular weight excluding hydrogens is 336 g/mol. The van der Waals surface area contributed by atoms with Crippen LogP contribution in [0.1, 0.15) is 33.3 Å². The van der Waals surface area contributed by atoms with Crippen molar-refractivity contribution in [2.24, 2.45) is 0 Å². The van der Waals surface area contributed by atoms with Gasteiger partial charge in [0.15, 0.2) is 11.5 Å². The van der Waals surface area contributed by atoms with Gasteiger partial charge in [-0.3, -0.25) is 4.79 Å². The molecular formula is C15H23BrN2O3. The zero-order valence-corrected chi connectivity index (χ0v) is 14.7. The predicted octanol–water partition coefficient (Wildman–Crippen LogP) is 2.56. The van der Waals surface area contributed by atoms with E-state index in [-0.39, 0.29) is 23.2 Å². The summed E-state index contributed by atoms with van der Waals surface area (Å²) in [5, 5.41) is 15.8. The maximum atomic E-state index is 12.0. The van der Waals surface area contributed by atoms with E-state index in [1.807, 2.05) is 27.7 Å². The molecule has 0 aliphatic carbocycles. The summed E-state index contributed by atoms with van der Waals surface area (Å²) in [6, 6.07) is 3.21. The van der Waals surface area contributed by atoms with Crippen LogP contribution in [0.2, 0.25) is 0 Å². The zero-order chi connectivity index (χ0) is 16.2. The van der Waals surface area contributed by atoms with Gasteiger partial charge in [-0.05, 0) is 61.3 Å². The molecule has 0 fully saturated rings. The Morgan fingerprint density at radius 2 is 2.05 bits per heavy atom. The summed E-state index contributed by atoms with van der Waals surface area (Å²) >= 11 is 3.28. The summed E-state index contributed by atoms with van der Waals surface area (Å²) in [7, 11) is 1.50. The standard InChI is InChI=1S/C15H23BrN2O3/c1-9(14(20)18-15(2,3)4)17-8-10-6-11(16)13(19)12(7-10)21-5/h6-7,9,17,19H,8H2,1-5H3,(H,18,20). The maximum Gasteiger partial charge on any atom is 0.237 e. The second kappa shape index (κ2) is 7.13. The number of benzene rings is 1. The number of carbonyl (C=O) groups excluding carboxylic acids is 1. The average Bonchev–Trinajstić information content (AvgIpc) is 2.37. The van der Waals surface area contributed by atoms with Crippen LogP contribution in [0.25, 0.3) is 0 Å². The second-order valence-corrected chi connectivity index (χ2v) is 6.82. The highest BCUT2D eigenvalue weighted by Gasteiger charge is 2.19. The van der Waals surface area contributed by atoms with Crippen LogP contribution in [0.15, 0.2) is 16.6 Å². The van der Waals surface area contributed by atoms with Crippen molar-refractivity contribution in [3.05, 3.63) is 22.2 Å². The minimum atomic E-state index is -0.317. The van der Waals surface area contributed by atoms with E-state index in [1.165, 1.54) is 7.11 Å². The monoisotopic (exact) mass is 358 g/mol. The molecule has 0 saturated heterocycles. The number of phenols is 1. The Labute approximate surface area is 134 Å². The van der Waals surface area contributed by atoms with Gasteiger partial charge in [0.1, 0.15) is 0 Å². The molecule has 1 aromatic carbocycles. The van der Waals surface area contributed by atoms with E-state index in [0.717, 1.165) is 5.56 Å². The van der Waals surface area contributed by atoms with Crippen LogP contribution in [0.5, 0.6) is 11.5 Å². The summed E-state index contributed by atoms with van der Waals surface area (Å²) in [4.78, 5) is 12.0. The van der Waals surface area contributed by atoms with Crippen molar-refractivity contribution in [3.63, 3.8) is 0 Å². The van der Waals surface area contributed by atoms with Crippen LogP contribution < -0.4 is 15.4 Å². The van der Waals surface area contributed by atoms with Gasteiger partial charge in [-0.2, -0.15) is 0 Å². The normalized spacial score (nSPS) is 12.9. The van der Waals surface area contributed by atoms with Crippen molar-refractivity contribution < 1.29 is 14.6 Å². The molecule has 0 aromatic heterocycles. The first-order valence-electron chi connectivity index (χ1n) is 6.75. The Bertz CT molecular complexity index is 512. The number of aromatic hydroxyl groups is 1. The summed E-state index contributed by atoms with van der Waals surface area (Å²) in [5.74, 6) is 0.417. The molecule has 0 saturated carbocycles. The molecule has 0 radical (unpaired) electrons. The summed E-state index contributed by atoms with van der Waals surface area (Å²) in [6.45, 7) is 8.14. The molecule has 6 heteroatoms. The molecule has 0 heterocycles. The van der Waals surface area contributed by atoms with Gasteiger partial charge in [0.25, 0.3) is 0 Å². The SMILES string of the molecule is COc1cc(CNC(C)C(=O)NC(C)(C)C)cc(Br)c1O. The van der Waals surface area contributed by atoms with Gasteiger partial charge >= 0.3 is 0 Å². The summed E-state index contributed by atoms with van der Waals surface area (Å²) in [5.41, 5.74) is 0.657. The summed E-state index contributed by atoms with van der Waals surface area (Å²) in [6.07, 6.45) is 0. The average molecular weight is 359 g/mol. The van der Waals surface area contributed by atoms with Crippen LogP contribution in [-0.2, 0) is 11.3 Å². The Morgan fingerprint density at radius 1 is 1.43 bits per heavy atom. The molecule has 1 atom stereocenters. The van der Waals surface area contributed by atoms with E-state index >= 15 is 0 Å². The fraction of sp³-hybridized carbons (Fsp3) is 0.533. The van der Waals surface area contributed by atoms with Gasteiger partial charge in [-0.25, -0.2) is 0 Å². The van der Waals surface area contributed by atoms with Crippen molar-refractivity contribution >= 4 is 21.8 Å². The lowest BCUT2D eigenvalue weighted by Gasteiger charge is -2.23. The van der Waals surface area contributed by atoms with Gasteiger partial charge in [0.05, 0.1) is 17.6 Å². The molecule has 21 heavy (non-hydrogen) atoms. The fourth-order valence-corrected chi connectivity index (χ4v) is 2.22. The van der Waals surface area contributed by atoms with Gasteiger partial charge in [0.2, 0.25) is 5.91 Å². The minimum Gasteiger partial charge on any atom is -0.503 e. The van der Waals surface area contributed by atoms with Crippen LogP contribution in [-0.4, -0.2) is 29.7 Å². The number of rotatable bonds is 5. The number of amides is 1. The molecule has 1 unspecified atom stereocenters. The Kier molecular flexibility index (Phi) is 6.04. The zero-order valence-electron chi connectivity index (χ0n) is 13.1. The summed E-state index contributed by atoms with van der Waals surface area (Å²) < 4.78 is 5.66. The number of ether oxygens (including phenoxy) is 1. The smallest absolute Gasteiger partial charge is 0.237 e. The van der Waals surface area contributed by atoms with Crippen molar-refractivity contribution in [1.29, 1.82) is 0 Å². The molecule has 1 aromatic rings.